The first-order valence-corrected chi connectivity index (χ1v) is 8.61. The van der Waals surface area contributed by atoms with E-state index >= 15 is 0 Å². The van der Waals surface area contributed by atoms with Gasteiger partial charge < -0.3 is 10.2 Å². The van der Waals surface area contributed by atoms with Crippen molar-refractivity contribution in [2.24, 2.45) is 0 Å². The number of nitrogens with one attached hydrogen (secondary N) is 1. The number of aromatic nitrogens is 2. The molecule has 1 N–H and O–H groups in total. The van der Waals surface area contributed by atoms with E-state index in [1.54, 1.807) is 11.8 Å². The van der Waals surface area contributed by atoms with Gasteiger partial charge in [-0.1, -0.05) is 4.49 Å². The second-order valence-corrected chi connectivity index (χ2v) is 6.68. The minimum absolute atomic E-state index is 0.155. The molecule has 10 heteroatoms. The molecule has 0 radical (unpaired) electrons. The van der Waals surface area contributed by atoms with Gasteiger partial charge >= 0.3 is 6.03 Å². The van der Waals surface area contributed by atoms with Crippen molar-refractivity contribution >= 4 is 41.0 Å². The molecule has 23 heavy (non-hydrogen) atoms. The van der Waals surface area contributed by atoms with Crippen molar-refractivity contribution in [3.63, 3.8) is 0 Å². The highest BCUT2D eigenvalue weighted by Crippen LogP contribution is 2.27. The van der Waals surface area contributed by atoms with Gasteiger partial charge in [-0.25, -0.2) is 4.79 Å². The van der Waals surface area contributed by atoms with Gasteiger partial charge in [0.15, 0.2) is 0 Å². The number of imide groups is 1. The van der Waals surface area contributed by atoms with Crippen molar-refractivity contribution < 1.29 is 14.4 Å². The van der Waals surface area contributed by atoms with Gasteiger partial charge in [-0.15, -0.1) is 16.7 Å². The molecule has 3 rings (SSSR count). The summed E-state index contributed by atoms with van der Waals surface area (Å²) in [5.41, 5.74) is 0.588. The standard InChI is InChI=1S/C13H16ClN5O3S/c1-7-10(23-17-16-7)11(20)15-8-2-4-18-9(6-8)12(21)19(5-3-14)13(18)22/h8-9H,2-6H2,1H3,(H,15,20)/t8-,9-/m0/s1. The van der Waals surface area contributed by atoms with Crippen LogP contribution >= 0.6 is 23.1 Å². The molecule has 1 aromatic rings. The van der Waals surface area contributed by atoms with E-state index < -0.39 is 6.04 Å². The molecular formula is C13H16ClN5O3S. The number of carbonyl (C=O) groups is 3. The van der Waals surface area contributed by atoms with E-state index in [1.807, 2.05) is 0 Å². The average molecular weight is 358 g/mol. The van der Waals surface area contributed by atoms with Crippen molar-refractivity contribution in [1.82, 2.24) is 24.7 Å². The molecule has 3 heterocycles. The predicted molar refractivity (Wildman–Crippen MR) is 83.5 cm³/mol. The molecule has 0 unspecified atom stereocenters. The molecule has 2 atom stereocenters. The van der Waals surface area contributed by atoms with Crippen LogP contribution in [0.25, 0.3) is 0 Å². The van der Waals surface area contributed by atoms with E-state index in [9.17, 15) is 14.4 Å². The quantitative estimate of drug-likeness (QED) is 0.629. The number of rotatable bonds is 4. The van der Waals surface area contributed by atoms with Gasteiger partial charge in [0, 0.05) is 25.0 Å². The zero-order valence-electron chi connectivity index (χ0n) is 12.5. The normalized spacial score (nSPS) is 24.1. The minimum Gasteiger partial charge on any atom is -0.348 e. The van der Waals surface area contributed by atoms with Crippen molar-refractivity contribution in [3.05, 3.63) is 10.6 Å². The summed E-state index contributed by atoms with van der Waals surface area (Å²) in [6, 6.07) is -0.948. The van der Waals surface area contributed by atoms with Crippen LogP contribution in [0.2, 0.25) is 0 Å². The maximum Gasteiger partial charge on any atom is 0.327 e. The zero-order valence-corrected chi connectivity index (χ0v) is 14.1. The fraction of sp³-hybridized carbons (Fsp3) is 0.615. The smallest absolute Gasteiger partial charge is 0.327 e. The van der Waals surface area contributed by atoms with Crippen LogP contribution in [0.15, 0.2) is 0 Å². The van der Waals surface area contributed by atoms with Gasteiger partial charge in [-0.2, -0.15) is 0 Å². The third-order valence-corrected chi connectivity index (χ3v) is 5.13. The maximum absolute atomic E-state index is 12.3. The Kier molecular flexibility index (Phi) is 4.49. The Labute approximate surface area is 141 Å². The number of hydrogen-bond donors (Lipinski definition) is 1. The third kappa shape index (κ3) is 2.90. The highest BCUT2D eigenvalue weighted by Gasteiger charge is 2.47. The zero-order chi connectivity index (χ0) is 16.6. The van der Waals surface area contributed by atoms with Crippen LogP contribution in [0.4, 0.5) is 4.79 Å². The largest absolute Gasteiger partial charge is 0.348 e. The Bertz CT molecular complexity index is 651. The van der Waals surface area contributed by atoms with Gasteiger partial charge in [-0.05, 0) is 31.3 Å². The summed E-state index contributed by atoms with van der Waals surface area (Å²) >= 11 is 6.69. The lowest BCUT2D eigenvalue weighted by atomic mass is 9.98. The number of aryl methyl sites for hydroxylation is 1. The molecule has 2 saturated heterocycles. The topological polar surface area (TPSA) is 95.5 Å². The van der Waals surface area contributed by atoms with Crippen LogP contribution in [0.5, 0.6) is 0 Å². The Morgan fingerprint density at radius 1 is 1.48 bits per heavy atom. The van der Waals surface area contributed by atoms with Crippen LogP contribution in [-0.4, -0.2) is 68.3 Å². The third-order valence-electron chi connectivity index (χ3n) is 4.13. The van der Waals surface area contributed by atoms with Crippen LogP contribution in [0.3, 0.4) is 0 Å². The summed E-state index contributed by atoms with van der Waals surface area (Å²) in [5.74, 6) is -0.244. The lowest BCUT2D eigenvalue weighted by Gasteiger charge is -2.32. The molecule has 0 bridgehead atoms. The first kappa shape index (κ1) is 16.1. The number of alkyl halides is 1. The first-order chi connectivity index (χ1) is 11.0. The van der Waals surface area contributed by atoms with Crippen LogP contribution in [0, 0.1) is 6.92 Å². The van der Waals surface area contributed by atoms with E-state index in [0.29, 0.717) is 30.0 Å². The Morgan fingerprint density at radius 3 is 2.91 bits per heavy atom. The summed E-state index contributed by atoms with van der Waals surface area (Å²) < 4.78 is 3.75. The summed E-state index contributed by atoms with van der Waals surface area (Å²) in [7, 11) is 0. The van der Waals surface area contributed by atoms with E-state index in [-0.39, 0.29) is 36.3 Å². The molecule has 4 amide bonds. The molecule has 0 saturated carbocycles. The number of nitrogens with zero attached hydrogens (tertiary/aromatic N) is 4. The predicted octanol–water partition coefficient (Wildman–Crippen LogP) is 0.610. The second kappa shape index (κ2) is 6.40. The molecule has 1 aromatic heterocycles. The Morgan fingerprint density at radius 2 is 2.26 bits per heavy atom. The summed E-state index contributed by atoms with van der Waals surface area (Å²) in [4.78, 5) is 40.0. The Hall–Kier alpha value is -1.74. The van der Waals surface area contributed by atoms with E-state index in [0.717, 1.165) is 11.5 Å². The van der Waals surface area contributed by atoms with Crippen LogP contribution < -0.4 is 5.32 Å². The van der Waals surface area contributed by atoms with Gasteiger partial charge in [0.1, 0.15) is 10.9 Å². The Balaban J connectivity index is 1.66. The molecule has 8 nitrogen and oxygen atoms in total. The lowest BCUT2D eigenvalue weighted by molar-refractivity contribution is -0.128. The monoisotopic (exact) mass is 357 g/mol. The fourth-order valence-electron chi connectivity index (χ4n) is 2.97. The van der Waals surface area contributed by atoms with E-state index in [1.165, 1.54) is 4.90 Å². The van der Waals surface area contributed by atoms with Crippen molar-refractivity contribution in [3.8, 4) is 0 Å². The van der Waals surface area contributed by atoms with Crippen molar-refractivity contribution in [2.75, 3.05) is 19.0 Å². The van der Waals surface area contributed by atoms with Gasteiger partial charge in [-0.3, -0.25) is 14.5 Å². The van der Waals surface area contributed by atoms with E-state index in [2.05, 4.69) is 14.9 Å². The van der Waals surface area contributed by atoms with Gasteiger partial charge in [0.25, 0.3) is 11.8 Å². The molecular weight excluding hydrogens is 342 g/mol. The number of urea groups is 1. The highest BCUT2D eigenvalue weighted by atomic mass is 35.5. The van der Waals surface area contributed by atoms with Crippen molar-refractivity contribution in [1.29, 1.82) is 0 Å². The molecule has 0 aromatic carbocycles. The average Bonchev–Trinajstić information content (AvgIpc) is 3.05. The highest BCUT2D eigenvalue weighted by molar-refractivity contribution is 7.08. The summed E-state index contributed by atoms with van der Waals surface area (Å²) in [5, 5.41) is 6.73. The maximum atomic E-state index is 12.3. The number of fused-ring (bicyclic) bond motifs is 1. The minimum atomic E-state index is -0.509. The van der Waals surface area contributed by atoms with Gasteiger partial charge in [0.2, 0.25) is 0 Å². The van der Waals surface area contributed by atoms with Crippen molar-refractivity contribution in [2.45, 2.75) is 31.8 Å². The summed E-state index contributed by atoms with van der Waals surface area (Å²) in [6.45, 7) is 2.39. The van der Waals surface area contributed by atoms with Crippen LogP contribution in [-0.2, 0) is 4.79 Å². The fourth-order valence-corrected chi connectivity index (χ4v) is 3.70. The van der Waals surface area contributed by atoms with Gasteiger partial charge in [0.05, 0.1) is 5.69 Å². The first-order valence-electron chi connectivity index (χ1n) is 7.30. The lowest BCUT2D eigenvalue weighted by Crippen LogP contribution is -2.49. The molecule has 2 aliphatic rings. The SMILES string of the molecule is Cc1nnsc1C(=O)N[C@H]1CCN2C(=O)N(CCCl)C(=O)[C@@H]2C1. The number of amides is 4. The molecule has 0 spiro atoms. The molecule has 2 fully saturated rings. The molecule has 0 aliphatic carbocycles. The van der Waals surface area contributed by atoms with E-state index in [4.69, 9.17) is 11.6 Å². The number of halogens is 1. The number of carbonyl (C=O) groups excluding carboxylic acids is 3. The molecule has 2 aliphatic heterocycles. The second-order valence-electron chi connectivity index (χ2n) is 5.55. The summed E-state index contributed by atoms with van der Waals surface area (Å²) in [6.07, 6.45) is 1.03. The number of hydrogen-bond acceptors (Lipinski definition) is 6. The van der Waals surface area contributed by atoms with Crippen LogP contribution in [0.1, 0.15) is 28.2 Å². The number of piperidine rings is 1. The molecule has 124 valence electrons.